The van der Waals surface area contributed by atoms with E-state index in [1.807, 2.05) is 37.3 Å². The molecule has 0 fully saturated rings. The highest BCUT2D eigenvalue weighted by Crippen LogP contribution is 2.26. The van der Waals surface area contributed by atoms with Crippen LogP contribution in [0.15, 0.2) is 30.3 Å². The summed E-state index contributed by atoms with van der Waals surface area (Å²) in [5.41, 5.74) is 6.70. The second-order valence-corrected chi connectivity index (χ2v) is 6.03. The minimum Gasteiger partial charge on any atom is -0.381 e. The van der Waals surface area contributed by atoms with Gasteiger partial charge in [0.25, 0.3) is 0 Å². The van der Waals surface area contributed by atoms with Crippen LogP contribution in [0.4, 0.5) is 17.6 Å². The molecule has 3 N–H and O–H groups in total. The van der Waals surface area contributed by atoms with E-state index in [1.165, 1.54) is 0 Å². The summed E-state index contributed by atoms with van der Waals surface area (Å²) in [4.78, 5) is 12.8. The highest BCUT2D eigenvalue weighted by atomic mass is 32.2. The number of hydrogen-bond acceptors (Lipinski definition) is 7. The van der Waals surface area contributed by atoms with Crippen LogP contribution < -0.4 is 11.1 Å². The van der Waals surface area contributed by atoms with Gasteiger partial charge < -0.3 is 15.8 Å². The van der Waals surface area contributed by atoms with Gasteiger partial charge in [-0.2, -0.15) is 15.0 Å². The third-order valence-corrected chi connectivity index (χ3v) is 3.98. The predicted octanol–water partition coefficient (Wildman–Crippen LogP) is 3.03. The zero-order valence-corrected chi connectivity index (χ0v) is 13.6. The number of ether oxygens (including phenoxy) is 1. The van der Waals surface area contributed by atoms with Crippen LogP contribution in [-0.2, 0) is 4.74 Å². The van der Waals surface area contributed by atoms with Crippen LogP contribution in [0.25, 0.3) is 0 Å². The fourth-order valence-electron chi connectivity index (χ4n) is 1.80. The van der Waals surface area contributed by atoms with Crippen LogP contribution in [0, 0.1) is 0 Å². The van der Waals surface area contributed by atoms with Crippen molar-refractivity contribution in [1.82, 2.24) is 15.0 Å². The Hall–Kier alpha value is -1.86. The Morgan fingerprint density at radius 1 is 1.23 bits per heavy atom. The number of thioether (sulfide) groups is 1. The lowest BCUT2D eigenvalue weighted by Gasteiger charge is -2.12. The average Bonchev–Trinajstić information content (AvgIpc) is 2.52. The minimum atomic E-state index is 0.127. The molecule has 2 aromatic rings. The molecule has 0 aliphatic heterocycles. The Bertz CT molecular complexity index is 581. The molecule has 0 amide bonds. The highest BCUT2D eigenvalue weighted by Gasteiger charge is 2.12. The summed E-state index contributed by atoms with van der Waals surface area (Å²) in [5, 5.41) is 3.27. The van der Waals surface area contributed by atoms with Gasteiger partial charge in [0.2, 0.25) is 11.9 Å². The van der Waals surface area contributed by atoms with Gasteiger partial charge in [0, 0.05) is 18.0 Å². The number of nitrogens with zero attached hydrogens (tertiary/aromatic N) is 3. The van der Waals surface area contributed by atoms with Gasteiger partial charge in [-0.05, 0) is 26.0 Å². The van der Waals surface area contributed by atoms with Crippen LogP contribution in [0.5, 0.6) is 0 Å². The number of nitrogens with two attached hydrogens (primary N) is 1. The molecular weight excluding hydrogens is 298 g/mol. The fourth-order valence-corrected chi connectivity index (χ4v) is 2.62. The van der Waals surface area contributed by atoms with E-state index in [9.17, 15) is 0 Å². The van der Waals surface area contributed by atoms with Crippen LogP contribution in [0.2, 0.25) is 0 Å². The molecule has 1 atom stereocenters. The number of aromatic nitrogens is 3. The van der Waals surface area contributed by atoms with Crippen LogP contribution in [0.1, 0.15) is 24.9 Å². The standard InChI is InChI=1S/C15H21N5OS/c1-3-21-9-10-22-11(2)13-18-14(16)20-15(19-13)17-12-7-5-4-6-8-12/h4-8,11H,3,9-10H2,1-2H3,(H3,16,17,18,19,20). The topological polar surface area (TPSA) is 86.0 Å². The number of benzene rings is 1. The van der Waals surface area contributed by atoms with E-state index >= 15 is 0 Å². The molecule has 0 saturated carbocycles. The highest BCUT2D eigenvalue weighted by molar-refractivity contribution is 7.99. The molecule has 2 rings (SSSR count). The first-order valence-electron chi connectivity index (χ1n) is 7.22. The number of nitrogens with one attached hydrogen (secondary N) is 1. The summed E-state index contributed by atoms with van der Waals surface area (Å²) >= 11 is 1.73. The smallest absolute Gasteiger partial charge is 0.232 e. The second kappa shape index (κ2) is 8.55. The quantitative estimate of drug-likeness (QED) is 0.723. The maximum absolute atomic E-state index is 5.79. The molecular formula is C15H21N5OS. The molecule has 0 bridgehead atoms. The maximum Gasteiger partial charge on any atom is 0.232 e. The van der Waals surface area contributed by atoms with E-state index < -0.39 is 0 Å². The van der Waals surface area contributed by atoms with Gasteiger partial charge in [-0.15, -0.1) is 11.8 Å². The summed E-state index contributed by atoms with van der Waals surface area (Å²) in [6, 6.07) is 9.73. The zero-order chi connectivity index (χ0) is 15.8. The van der Waals surface area contributed by atoms with Crippen molar-refractivity contribution in [3.63, 3.8) is 0 Å². The average molecular weight is 319 g/mol. The molecule has 0 aliphatic rings. The van der Waals surface area contributed by atoms with Crippen LogP contribution in [-0.4, -0.2) is 33.9 Å². The molecule has 1 aromatic heterocycles. The summed E-state index contributed by atoms with van der Waals surface area (Å²) < 4.78 is 5.34. The molecule has 1 unspecified atom stereocenters. The summed E-state index contributed by atoms with van der Waals surface area (Å²) in [6.07, 6.45) is 0. The number of nitrogen functional groups attached to an aromatic ring is 1. The van der Waals surface area contributed by atoms with E-state index in [4.69, 9.17) is 10.5 Å². The Labute approximate surface area is 134 Å². The van der Waals surface area contributed by atoms with Crippen LogP contribution >= 0.6 is 11.8 Å². The van der Waals surface area contributed by atoms with Crippen molar-refractivity contribution >= 4 is 29.3 Å². The lowest BCUT2D eigenvalue weighted by atomic mass is 10.3. The van der Waals surface area contributed by atoms with E-state index in [1.54, 1.807) is 11.8 Å². The first-order chi connectivity index (χ1) is 10.7. The van der Waals surface area contributed by atoms with Gasteiger partial charge in [-0.1, -0.05) is 18.2 Å². The van der Waals surface area contributed by atoms with E-state index in [-0.39, 0.29) is 11.2 Å². The van der Waals surface area contributed by atoms with Gasteiger partial charge >= 0.3 is 0 Å². The molecule has 1 aromatic carbocycles. The number of rotatable bonds is 8. The molecule has 1 heterocycles. The predicted molar refractivity (Wildman–Crippen MR) is 91.3 cm³/mol. The Kier molecular flexibility index (Phi) is 6.42. The molecule has 6 nitrogen and oxygen atoms in total. The van der Waals surface area contributed by atoms with E-state index in [2.05, 4.69) is 27.2 Å². The van der Waals surface area contributed by atoms with Gasteiger partial charge in [0.1, 0.15) is 5.82 Å². The molecule has 0 aliphatic carbocycles. The van der Waals surface area contributed by atoms with Crippen LogP contribution in [0.3, 0.4) is 0 Å². The first-order valence-corrected chi connectivity index (χ1v) is 8.26. The molecule has 0 saturated heterocycles. The van der Waals surface area contributed by atoms with Crippen molar-refractivity contribution in [2.24, 2.45) is 0 Å². The summed E-state index contributed by atoms with van der Waals surface area (Å²) in [6.45, 7) is 5.50. The van der Waals surface area contributed by atoms with Crippen molar-refractivity contribution in [3.8, 4) is 0 Å². The third kappa shape index (κ3) is 5.16. The third-order valence-electron chi connectivity index (χ3n) is 2.86. The molecule has 0 radical (unpaired) electrons. The van der Waals surface area contributed by atoms with Gasteiger partial charge in [-0.25, -0.2) is 0 Å². The zero-order valence-electron chi connectivity index (χ0n) is 12.8. The number of hydrogen-bond donors (Lipinski definition) is 2. The Morgan fingerprint density at radius 3 is 2.73 bits per heavy atom. The van der Waals surface area contributed by atoms with E-state index in [0.29, 0.717) is 11.8 Å². The maximum atomic E-state index is 5.79. The lowest BCUT2D eigenvalue weighted by Crippen LogP contribution is -2.09. The van der Waals surface area contributed by atoms with Crippen molar-refractivity contribution in [2.45, 2.75) is 19.1 Å². The molecule has 0 spiro atoms. The van der Waals surface area contributed by atoms with Crippen molar-refractivity contribution < 1.29 is 4.74 Å². The second-order valence-electron chi connectivity index (χ2n) is 4.58. The summed E-state index contributed by atoms with van der Waals surface area (Å²) in [7, 11) is 0. The van der Waals surface area contributed by atoms with Gasteiger partial charge in [0.05, 0.1) is 11.9 Å². The Balaban J connectivity index is 2.03. The molecule has 7 heteroatoms. The minimum absolute atomic E-state index is 0.127. The fraction of sp³-hybridized carbons (Fsp3) is 0.400. The molecule has 22 heavy (non-hydrogen) atoms. The van der Waals surface area contributed by atoms with Crippen molar-refractivity contribution in [1.29, 1.82) is 0 Å². The lowest BCUT2D eigenvalue weighted by molar-refractivity contribution is 0.164. The number of anilines is 3. The SMILES string of the molecule is CCOCCSC(C)c1nc(N)nc(Nc2ccccc2)n1. The first kappa shape index (κ1) is 16.5. The monoisotopic (exact) mass is 319 g/mol. The Morgan fingerprint density at radius 2 is 2.00 bits per heavy atom. The van der Waals surface area contributed by atoms with Gasteiger partial charge in [-0.3, -0.25) is 0 Å². The van der Waals surface area contributed by atoms with Gasteiger partial charge in [0.15, 0.2) is 0 Å². The summed E-state index contributed by atoms with van der Waals surface area (Å²) in [5.74, 6) is 2.25. The largest absolute Gasteiger partial charge is 0.381 e. The van der Waals surface area contributed by atoms with Crippen molar-refractivity contribution in [3.05, 3.63) is 36.2 Å². The normalized spacial score (nSPS) is 12.1. The number of para-hydroxylation sites is 1. The van der Waals surface area contributed by atoms with Crippen molar-refractivity contribution in [2.75, 3.05) is 30.0 Å². The van der Waals surface area contributed by atoms with E-state index in [0.717, 1.165) is 24.7 Å². The molecule has 118 valence electrons.